The molecule has 1 spiro atoms. The molecule has 24 heavy (non-hydrogen) atoms. The summed E-state index contributed by atoms with van der Waals surface area (Å²) in [4.78, 5) is 5.47. The number of hydrogen-bond acceptors (Lipinski definition) is 3. The van der Waals surface area contributed by atoms with Crippen molar-refractivity contribution < 1.29 is 4.74 Å². The van der Waals surface area contributed by atoms with Crippen LogP contribution in [0.2, 0.25) is 0 Å². The number of hydrogen-bond donors (Lipinski definition) is 0. The number of piperidine rings is 1. The summed E-state index contributed by atoms with van der Waals surface area (Å²) in [6, 6.07) is 8.60. The van der Waals surface area contributed by atoms with Crippen molar-refractivity contribution in [3.63, 3.8) is 0 Å². The van der Waals surface area contributed by atoms with E-state index >= 15 is 0 Å². The van der Waals surface area contributed by atoms with Gasteiger partial charge in [0.1, 0.15) is 5.75 Å². The van der Waals surface area contributed by atoms with Crippen LogP contribution in [0.3, 0.4) is 0 Å². The van der Waals surface area contributed by atoms with Crippen molar-refractivity contribution in [1.82, 2.24) is 9.80 Å². The van der Waals surface area contributed by atoms with Crippen LogP contribution in [0.5, 0.6) is 5.75 Å². The summed E-state index contributed by atoms with van der Waals surface area (Å²) in [5.41, 5.74) is 1.99. The fourth-order valence-corrected chi connectivity index (χ4v) is 4.99. The van der Waals surface area contributed by atoms with Gasteiger partial charge in [0, 0.05) is 26.2 Å². The highest BCUT2D eigenvalue weighted by Crippen LogP contribution is 2.40. The molecule has 0 amide bonds. The van der Waals surface area contributed by atoms with E-state index < -0.39 is 0 Å². The molecule has 0 N–H and O–H groups in total. The number of ether oxygens (including phenoxy) is 1. The van der Waals surface area contributed by atoms with Crippen LogP contribution in [0, 0.1) is 11.3 Å². The molecule has 2 aliphatic heterocycles. The quantitative estimate of drug-likeness (QED) is 0.818. The molecule has 1 aromatic rings. The maximum absolute atomic E-state index is 5.27. The van der Waals surface area contributed by atoms with E-state index in [1.807, 2.05) is 0 Å². The Balaban J connectivity index is 1.32. The molecule has 3 aliphatic rings. The Kier molecular flexibility index (Phi) is 4.82. The Labute approximate surface area is 147 Å². The Morgan fingerprint density at radius 2 is 1.79 bits per heavy atom. The van der Waals surface area contributed by atoms with E-state index in [9.17, 15) is 0 Å². The molecular formula is C21H32N2O. The monoisotopic (exact) mass is 328 g/mol. The zero-order chi connectivity index (χ0) is 16.4. The van der Waals surface area contributed by atoms with Crippen LogP contribution in [-0.2, 0) is 6.54 Å². The van der Waals surface area contributed by atoms with Crippen LogP contribution in [-0.4, -0.2) is 49.6 Å². The van der Waals surface area contributed by atoms with E-state index in [-0.39, 0.29) is 0 Å². The summed E-state index contributed by atoms with van der Waals surface area (Å²) in [6.07, 6.45) is 8.67. The number of rotatable bonds is 5. The zero-order valence-corrected chi connectivity index (χ0v) is 15.2. The Morgan fingerprint density at radius 1 is 1.00 bits per heavy atom. The maximum atomic E-state index is 5.27. The molecule has 0 radical (unpaired) electrons. The van der Waals surface area contributed by atoms with Gasteiger partial charge in [-0.05, 0) is 74.2 Å². The van der Waals surface area contributed by atoms with E-state index in [4.69, 9.17) is 4.74 Å². The van der Waals surface area contributed by atoms with Gasteiger partial charge in [-0.15, -0.1) is 0 Å². The smallest absolute Gasteiger partial charge is 0.118 e. The van der Waals surface area contributed by atoms with Gasteiger partial charge in [-0.3, -0.25) is 4.90 Å². The Bertz CT molecular complexity index is 539. The van der Waals surface area contributed by atoms with Crippen molar-refractivity contribution in [3.8, 4) is 5.75 Å². The lowest BCUT2D eigenvalue weighted by molar-refractivity contribution is 0.0668. The molecule has 3 fully saturated rings. The van der Waals surface area contributed by atoms with E-state index in [1.54, 1.807) is 7.11 Å². The molecule has 2 heterocycles. The summed E-state index contributed by atoms with van der Waals surface area (Å²) in [7, 11) is 1.73. The number of methoxy groups -OCH3 is 1. The second kappa shape index (κ2) is 7.05. The summed E-state index contributed by atoms with van der Waals surface area (Å²) < 4.78 is 5.27. The van der Waals surface area contributed by atoms with Crippen LogP contribution in [0.4, 0.5) is 0 Å². The molecule has 1 saturated carbocycles. The van der Waals surface area contributed by atoms with Crippen molar-refractivity contribution in [2.24, 2.45) is 11.3 Å². The minimum Gasteiger partial charge on any atom is -0.497 e. The molecule has 4 rings (SSSR count). The first-order valence-electron chi connectivity index (χ1n) is 9.82. The van der Waals surface area contributed by atoms with Gasteiger partial charge in [-0.25, -0.2) is 0 Å². The average Bonchev–Trinajstić information content (AvgIpc) is 2.94. The molecule has 0 aromatic heterocycles. The zero-order valence-electron chi connectivity index (χ0n) is 15.2. The molecule has 3 nitrogen and oxygen atoms in total. The highest BCUT2D eigenvalue weighted by atomic mass is 16.5. The molecule has 0 bridgehead atoms. The second-order valence-corrected chi connectivity index (χ2v) is 8.44. The van der Waals surface area contributed by atoms with Crippen molar-refractivity contribution in [3.05, 3.63) is 29.8 Å². The fourth-order valence-electron chi connectivity index (χ4n) is 4.99. The van der Waals surface area contributed by atoms with E-state index in [0.29, 0.717) is 5.41 Å². The molecule has 3 heteroatoms. The summed E-state index contributed by atoms with van der Waals surface area (Å²) in [6.45, 7) is 7.72. The van der Waals surface area contributed by atoms with Crippen molar-refractivity contribution in [2.45, 2.75) is 45.1 Å². The minimum atomic E-state index is 0.578. The van der Waals surface area contributed by atoms with Gasteiger partial charge >= 0.3 is 0 Å². The molecular weight excluding hydrogens is 296 g/mol. The van der Waals surface area contributed by atoms with Gasteiger partial charge in [-0.2, -0.15) is 0 Å². The highest BCUT2D eigenvalue weighted by molar-refractivity contribution is 5.27. The molecule has 1 unspecified atom stereocenters. The van der Waals surface area contributed by atoms with Gasteiger partial charge < -0.3 is 9.64 Å². The maximum Gasteiger partial charge on any atom is 0.118 e. The van der Waals surface area contributed by atoms with Gasteiger partial charge in [0.05, 0.1) is 7.11 Å². The third-order valence-corrected chi connectivity index (χ3v) is 6.56. The predicted octanol–water partition coefficient (Wildman–Crippen LogP) is 3.78. The lowest BCUT2D eigenvalue weighted by Crippen LogP contribution is -2.47. The molecule has 132 valence electrons. The van der Waals surface area contributed by atoms with Crippen LogP contribution >= 0.6 is 0 Å². The first-order chi connectivity index (χ1) is 11.7. The Morgan fingerprint density at radius 3 is 2.50 bits per heavy atom. The summed E-state index contributed by atoms with van der Waals surface area (Å²) >= 11 is 0. The second-order valence-electron chi connectivity index (χ2n) is 8.44. The van der Waals surface area contributed by atoms with Crippen LogP contribution < -0.4 is 4.74 Å². The fraction of sp³-hybridized carbons (Fsp3) is 0.714. The van der Waals surface area contributed by atoms with Gasteiger partial charge in [-0.1, -0.05) is 18.6 Å². The van der Waals surface area contributed by atoms with E-state index in [2.05, 4.69) is 34.1 Å². The Hall–Kier alpha value is -1.06. The third-order valence-electron chi connectivity index (χ3n) is 6.56. The lowest BCUT2D eigenvalue weighted by atomic mass is 9.78. The topological polar surface area (TPSA) is 15.7 Å². The largest absolute Gasteiger partial charge is 0.497 e. The van der Waals surface area contributed by atoms with Gasteiger partial charge in [0.2, 0.25) is 0 Å². The molecule has 1 aliphatic carbocycles. The van der Waals surface area contributed by atoms with Crippen LogP contribution in [0.25, 0.3) is 0 Å². The minimum absolute atomic E-state index is 0.578. The van der Waals surface area contributed by atoms with E-state index in [1.165, 1.54) is 76.8 Å². The van der Waals surface area contributed by atoms with Gasteiger partial charge in [0.15, 0.2) is 0 Å². The third kappa shape index (κ3) is 3.62. The molecule has 1 atom stereocenters. The van der Waals surface area contributed by atoms with Crippen LogP contribution in [0.15, 0.2) is 24.3 Å². The summed E-state index contributed by atoms with van der Waals surface area (Å²) in [5.74, 6) is 1.97. The van der Waals surface area contributed by atoms with Gasteiger partial charge in [0.25, 0.3) is 0 Å². The molecule has 1 aromatic carbocycles. The number of nitrogens with zero attached hydrogens (tertiary/aromatic N) is 2. The lowest BCUT2D eigenvalue weighted by Gasteiger charge is -2.43. The predicted molar refractivity (Wildman–Crippen MR) is 98.3 cm³/mol. The van der Waals surface area contributed by atoms with Crippen molar-refractivity contribution in [2.75, 3.05) is 39.8 Å². The number of likely N-dealkylation sites (tertiary alicyclic amines) is 2. The highest BCUT2D eigenvalue weighted by Gasteiger charge is 2.41. The van der Waals surface area contributed by atoms with E-state index in [0.717, 1.165) is 18.2 Å². The van der Waals surface area contributed by atoms with Crippen LogP contribution in [0.1, 0.15) is 44.1 Å². The van der Waals surface area contributed by atoms with Crippen molar-refractivity contribution >= 4 is 0 Å². The normalized spacial score (nSPS) is 29.0. The first-order valence-corrected chi connectivity index (χ1v) is 9.82. The number of benzene rings is 1. The van der Waals surface area contributed by atoms with Crippen molar-refractivity contribution in [1.29, 1.82) is 0 Å². The molecule has 2 saturated heterocycles. The SMILES string of the molecule is COc1ccc(CN2CCC3(CCCN(CC4CCC4)C3)C2)cc1. The average molecular weight is 329 g/mol. The first kappa shape index (κ1) is 16.4. The summed E-state index contributed by atoms with van der Waals surface area (Å²) in [5, 5.41) is 0. The standard InChI is InChI=1S/C21H32N2O/c1-24-20-8-6-19(7-9-20)15-23-13-11-21(17-23)10-3-12-22(16-21)14-18-4-2-5-18/h6-9,18H,2-5,10-17H2,1H3.